The first-order valence-corrected chi connectivity index (χ1v) is 27.9. The fourth-order valence-electron chi connectivity index (χ4n) is 13.1. The Bertz CT molecular complexity index is 4260. The number of hydrogen-bond acceptors (Lipinski definition) is 2. The second kappa shape index (κ2) is 17.6. The molecule has 0 aliphatic carbocycles. The largest absolute Gasteiger partial charge is 0.315 e. The summed E-state index contributed by atoms with van der Waals surface area (Å²) in [6.07, 6.45) is -0.204. The summed E-state index contributed by atoms with van der Waals surface area (Å²) in [4.78, 5) is 5.25. The third-order valence-electron chi connectivity index (χ3n) is 17.0. The molecule has 0 fully saturated rings. The third-order valence-corrected chi connectivity index (χ3v) is 17.0. The van der Waals surface area contributed by atoms with Gasteiger partial charge in [-0.1, -0.05) is 181 Å². The van der Waals surface area contributed by atoms with Crippen molar-refractivity contribution in [2.75, 3.05) is 9.80 Å². The maximum absolute atomic E-state index is 2.62. The summed E-state index contributed by atoms with van der Waals surface area (Å²) >= 11 is 0. The van der Waals surface area contributed by atoms with E-state index in [2.05, 4.69) is 309 Å². The summed E-state index contributed by atoms with van der Waals surface area (Å²) in [6, 6.07) is 93.4. The van der Waals surface area contributed by atoms with Gasteiger partial charge in [-0.2, -0.15) is 0 Å². The van der Waals surface area contributed by atoms with Crippen LogP contribution < -0.4 is 9.80 Å². The van der Waals surface area contributed by atoms with Crippen molar-refractivity contribution in [1.82, 2.24) is 9.13 Å². The smallest absolute Gasteiger partial charge is 0.138 e. The summed E-state index contributed by atoms with van der Waals surface area (Å²) in [5, 5.41) is 4.99. The van der Waals surface area contributed by atoms with Crippen molar-refractivity contribution >= 4 is 66.4 Å². The lowest BCUT2D eigenvalue weighted by Crippen LogP contribution is -2.41. The Balaban J connectivity index is 0.949. The van der Waals surface area contributed by atoms with Gasteiger partial charge in [-0.05, 0) is 165 Å². The van der Waals surface area contributed by atoms with E-state index >= 15 is 0 Å². The van der Waals surface area contributed by atoms with Gasteiger partial charge in [0.05, 0.1) is 33.4 Å². The molecule has 0 saturated heterocycles. The number of anilines is 4. The third kappa shape index (κ3) is 7.42. The highest BCUT2D eigenvalue weighted by atomic mass is 15.4. The van der Waals surface area contributed by atoms with Crippen molar-refractivity contribution in [2.45, 2.75) is 58.5 Å². The number of aromatic nitrogens is 2. The molecule has 0 unspecified atom stereocenters. The van der Waals surface area contributed by atoms with Gasteiger partial charge in [0.1, 0.15) is 6.17 Å². The summed E-state index contributed by atoms with van der Waals surface area (Å²) < 4.78 is 4.80. The van der Waals surface area contributed by atoms with Gasteiger partial charge < -0.3 is 18.9 Å². The Morgan fingerprint density at radius 1 is 0.278 bits per heavy atom. The summed E-state index contributed by atoms with van der Waals surface area (Å²) in [5.74, 6) is 0. The molecule has 0 saturated carbocycles. The summed E-state index contributed by atoms with van der Waals surface area (Å²) in [5.41, 5.74) is 25.5. The van der Waals surface area contributed by atoms with E-state index in [1.54, 1.807) is 0 Å². The van der Waals surface area contributed by atoms with Crippen molar-refractivity contribution in [2.24, 2.45) is 0 Å². The van der Waals surface area contributed by atoms with Crippen LogP contribution in [0.3, 0.4) is 0 Å². The van der Waals surface area contributed by atoms with Crippen molar-refractivity contribution in [1.29, 1.82) is 0 Å². The molecule has 0 amide bonds. The Hall–Kier alpha value is -9.38. The summed E-state index contributed by atoms with van der Waals surface area (Å²) in [6.45, 7) is 13.8. The van der Waals surface area contributed by atoms with Crippen LogP contribution in [0.15, 0.2) is 249 Å². The Kier molecular flexibility index (Phi) is 10.4. The normalized spacial score (nSPS) is 13.3. The first kappa shape index (κ1) is 46.9. The molecule has 2 aliphatic rings. The number of rotatable bonds is 6. The molecule has 0 atom stereocenters. The zero-order valence-electron chi connectivity index (χ0n) is 45.5. The van der Waals surface area contributed by atoms with E-state index in [4.69, 9.17) is 0 Å². The van der Waals surface area contributed by atoms with Crippen LogP contribution in [-0.4, -0.2) is 9.13 Å². The average molecular weight is 1020 g/mol. The number of nitrogens with zero attached hydrogens (tertiary/aromatic N) is 4. The van der Waals surface area contributed by atoms with Crippen molar-refractivity contribution in [3.8, 4) is 55.9 Å². The Morgan fingerprint density at radius 2 is 0.646 bits per heavy atom. The molecular weight excluding hydrogens is 957 g/mol. The zero-order valence-corrected chi connectivity index (χ0v) is 45.5. The molecule has 380 valence electrons. The first-order valence-electron chi connectivity index (χ1n) is 27.9. The van der Waals surface area contributed by atoms with E-state index in [0.29, 0.717) is 0 Å². The molecule has 0 spiro atoms. The number of benzene rings is 11. The second-order valence-corrected chi connectivity index (χ2v) is 23.8. The molecule has 0 N–H and O–H groups in total. The van der Waals surface area contributed by atoms with E-state index in [-0.39, 0.29) is 17.0 Å². The molecular formula is C75H60N4. The highest BCUT2D eigenvalue weighted by molar-refractivity contribution is 6.12. The molecule has 2 aromatic heterocycles. The Morgan fingerprint density at radius 3 is 1.06 bits per heavy atom. The highest BCUT2D eigenvalue weighted by Crippen LogP contribution is 2.60. The average Bonchev–Trinajstić information content (AvgIpc) is 4.03. The van der Waals surface area contributed by atoms with E-state index in [0.717, 1.165) is 22.7 Å². The van der Waals surface area contributed by atoms with Gasteiger partial charge in [0.25, 0.3) is 0 Å². The molecule has 11 aromatic carbocycles. The zero-order chi connectivity index (χ0) is 53.3. The molecule has 15 rings (SSSR count). The van der Waals surface area contributed by atoms with Crippen LogP contribution in [-0.2, 0) is 10.8 Å². The lowest BCUT2D eigenvalue weighted by atomic mass is 9.80. The van der Waals surface area contributed by atoms with Gasteiger partial charge in [-0.15, -0.1) is 0 Å². The molecule has 0 radical (unpaired) electrons. The van der Waals surface area contributed by atoms with Gasteiger partial charge in [0, 0.05) is 61.0 Å². The van der Waals surface area contributed by atoms with Crippen molar-refractivity contribution in [3.63, 3.8) is 0 Å². The number of hydrogen-bond donors (Lipinski definition) is 0. The molecule has 4 heteroatoms. The van der Waals surface area contributed by atoms with Crippen LogP contribution in [0.5, 0.6) is 0 Å². The predicted molar refractivity (Wildman–Crippen MR) is 334 cm³/mol. The van der Waals surface area contributed by atoms with E-state index in [1.807, 2.05) is 0 Å². The van der Waals surface area contributed by atoms with Crippen LogP contribution in [0.2, 0.25) is 0 Å². The van der Waals surface area contributed by atoms with Gasteiger partial charge >= 0.3 is 0 Å². The van der Waals surface area contributed by atoms with Crippen LogP contribution in [0.25, 0.3) is 99.5 Å². The van der Waals surface area contributed by atoms with Crippen LogP contribution in [0.4, 0.5) is 22.7 Å². The topological polar surface area (TPSA) is 16.3 Å². The number of para-hydroxylation sites is 4. The standard InChI is InChI=1S/C75H60N4/c1-74(2,3)52-32-36-56(37-33-52)78-70-42-30-50(48-28-40-68-62(44-48)58-22-13-15-26-66(58)76(68)54-18-9-7-10-19-54)46-64(70)60-24-17-25-61-65-47-51(31-43-71(65)79(73(78)72(60)61)57-38-34-53(35-39-57)75(4,5)6)49-29-41-69-63(45-49)59-23-14-16-27-67(59)77(69)55-20-11-8-12-21-55/h7-47,73H,1-6H3. The SMILES string of the molecule is CC(C)(C)c1ccc(N2c3ccc(-c4ccc5c(c4)c4ccccc4n5-c4ccccc4)cc3-c3cccc4c3C2N(c2ccc(C(C)(C)C)cc2)c2ccc(-c3ccc5c(c3)c3ccccc3n5-c3ccccc3)cc2-4)cc1. The van der Waals surface area contributed by atoms with Gasteiger partial charge in [-0.3, -0.25) is 0 Å². The summed E-state index contributed by atoms with van der Waals surface area (Å²) in [7, 11) is 0. The fraction of sp³-hybridized carbons (Fsp3) is 0.120. The quantitative estimate of drug-likeness (QED) is 0.165. The van der Waals surface area contributed by atoms with Crippen molar-refractivity contribution < 1.29 is 0 Å². The fourth-order valence-corrected chi connectivity index (χ4v) is 13.1. The molecule has 13 aromatic rings. The van der Waals surface area contributed by atoms with E-state index < -0.39 is 0 Å². The van der Waals surface area contributed by atoms with Gasteiger partial charge in [0.15, 0.2) is 0 Å². The Labute approximate surface area is 462 Å². The lowest BCUT2D eigenvalue weighted by Gasteiger charge is -2.50. The maximum atomic E-state index is 2.62. The lowest BCUT2D eigenvalue weighted by molar-refractivity contribution is 0.590. The molecule has 4 nitrogen and oxygen atoms in total. The maximum Gasteiger partial charge on any atom is 0.138 e. The predicted octanol–water partition coefficient (Wildman–Crippen LogP) is 20.4. The molecule has 79 heavy (non-hydrogen) atoms. The van der Waals surface area contributed by atoms with Crippen molar-refractivity contribution in [3.05, 3.63) is 265 Å². The second-order valence-electron chi connectivity index (χ2n) is 23.8. The molecule has 2 aliphatic heterocycles. The minimum Gasteiger partial charge on any atom is -0.315 e. The highest BCUT2D eigenvalue weighted by Gasteiger charge is 2.43. The van der Waals surface area contributed by atoms with Gasteiger partial charge in [-0.25, -0.2) is 0 Å². The monoisotopic (exact) mass is 1020 g/mol. The van der Waals surface area contributed by atoms with Crippen LogP contribution in [0.1, 0.15) is 64.4 Å². The van der Waals surface area contributed by atoms with Crippen LogP contribution >= 0.6 is 0 Å². The van der Waals surface area contributed by atoms with Gasteiger partial charge in [0.2, 0.25) is 0 Å². The van der Waals surface area contributed by atoms with Crippen LogP contribution in [0, 0.1) is 0 Å². The number of fused-ring (bicyclic) bond motifs is 10. The van der Waals surface area contributed by atoms with E-state index in [9.17, 15) is 0 Å². The first-order chi connectivity index (χ1) is 38.5. The molecule has 0 bridgehead atoms. The minimum atomic E-state index is -0.204. The minimum absolute atomic E-state index is 0.00726. The van der Waals surface area contributed by atoms with E-state index in [1.165, 1.54) is 116 Å². The molecule has 4 heterocycles.